The molecule has 2 aliphatic heterocycles. The monoisotopic (exact) mass is 342 g/mol. The molecule has 2 saturated heterocycles. The van der Waals surface area contributed by atoms with Crippen LogP contribution in [0.4, 0.5) is 5.82 Å². The summed E-state index contributed by atoms with van der Waals surface area (Å²) in [7, 11) is 0. The summed E-state index contributed by atoms with van der Waals surface area (Å²) in [5.41, 5.74) is 0. The lowest BCUT2D eigenvalue weighted by Crippen LogP contribution is -2.38. The van der Waals surface area contributed by atoms with Gasteiger partial charge in [-0.1, -0.05) is 19.8 Å². The average Bonchev–Trinajstić information content (AvgIpc) is 2.67. The van der Waals surface area contributed by atoms with Gasteiger partial charge in [0.15, 0.2) is 0 Å². The zero-order valence-electron chi connectivity index (χ0n) is 15.1. The van der Waals surface area contributed by atoms with Crippen LogP contribution in [-0.4, -0.2) is 60.2 Å². The first-order chi connectivity index (χ1) is 12.1. The number of carbonyl (C=O) groups excluding carboxylic acids is 1. The molecule has 0 spiro atoms. The first-order valence-corrected chi connectivity index (χ1v) is 9.09. The number of aromatic nitrogens is 2. The molecule has 6 heteroatoms. The molecular weight excluding hydrogens is 316 g/mol. The minimum absolute atomic E-state index is 0.0601. The average molecular weight is 342 g/mol. The molecule has 2 aliphatic rings. The lowest BCUT2D eigenvalue weighted by Gasteiger charge is -2.31. The Morgan fingerprint density at radius 1 is 1.24 bits per heavy atom. The molecule has 1 aromatic rings. The van der Waals surface area contributed by atoms with Crippen molar-refractivity contribution < 1.29 is 9.53 Å². The Bertz CT molecular complexity index is 651. The number of morpholine rings is 1. The van der Waals surface area contributed by atoms with Crippen LogP contribution in [0, 0.1) is 17.8 Å². The van der Waals surface area contributed by atoms with Crippen molar-refractivity contribution in [3.05, 3.63) is 18.1 Å². The largest absolute Gasteiger partial charge is 0.378 e. The van der Waals surface area contributed by atoms with Gasteiger partial charge in [0.25, 0.3) is 5.91 Å². The van der Waals surface area contributed by atoms with Crippen LogP contribution >= 0.6 is 0 Å². The number of ether oxygens (including phenoxy) is 1. The molecule has 0 saturated carbocycles. The second kappa shape index (κ2) is 8.30. The lowest BCUT2D eigenvalue weighted by atomic mass is 9.96. The molecule has 0 bridgehead atoms. The van der Waals surface area contributed by atoms with Crippen molar-refractivity contribution in [1.82, 2.24) is 14.9 Å². The number of likely N-dealkylation sites (tertiary alicyclic amines) is 1. The minimum Gasteiger partial charge on any atom is -0.378 e. The molecule has 0 aromatic carbocycles. The zero-order chi connectivity index (χ0) is 17.6. The molecule has 134 valence electrons. The molecule has 3 heterocycles. The van der Waals surface area contributed by atoms with Crippen LogP contribution < -0.4 is 4.90 Å². The lowest BCUT2D eigenvalue weighted by molar-refractivity contribution is -0.126. The van der Waals surface area contributed by atoms with E-state index in [4.69, 9.17) is 9.72 Å². The van der Waals surface area contributed by atoms with Crippen molar-refractivity contribution in [3.8, 4) is 11.8 Å². The summed E-state index contributed by atoms with van der Waals surface area (Å²) in [5.74, 6) is 8.04. The third kappa shape index (κ3) is 4.70. The number of anilines is 1. The van der Waals surface area contributed by atoms with Crippen molar-refractivity contribution >= 4 is 11.7 Å². The standard InChI is InChI=1S/C19H26N4O2/c1-15(2)3-4-18(24)23-9-6-16(7-10-23)19-20-8-5-17(21-19)22-11-13-25-14-12-22/h5,8,15-16H,6-7,9-14H2,1-2H3. The van der Waals surface area contributed by atoms with Crippen LogP contribution in [-0.2, 0) is 9.53 Å². The molecule has 0 aliphatic carbocycles. The number of rotatable bonds is 2. The predicted molar refractivity (Wildman–Crippen MR) is 96.2 cm³/mol. The van der Waals surface area contributed by atoms with Crippen LogP contribution in [0.2, 0.25) is 0 Å². The number of piperidine rings is 1. The number of hydrogen-bond donors (Lipinski definition) is 0. The van der Waals surface area contributed by atoms with E-state index >= 15 is 0 Å². The Labute approximate surface area is 149 Å². The van der Waals surface area contributed by atoms with Crippen molar-refractivity contribution in [2.24, 2.45) is 5.92 Å². The fraction of sp³-hybridized carbons (Fsp3) is 0.632. The van der Waals surface area contributed by atoms with Gasteiger partial charge in [0.1, 0.15) is 11.6 Å². The van der Waals surface area contributed by atoms with E-state index in [1.165, 1.54) is 0 Å². The number of carbonyl (C=O) groups is 1. The van der Waals surface area contributed by atoms with E-state index < -0.39 is 0 Å². The predicted octanol–water partition coefficient (Wildman–Crippen LogP) is 1.68. The van der Waals surface area contributed by atoms with Gasteiger partial charge in [0.2, 0.25) is 0 Å². The van der Waals surface area contributed by atoms with Gasteiger partial charge in [-0.2, -0.15) is 0 Å². The third-order valence-electron chi connectivity index (χ3n) is 4.61. The SMILES string of the molecule is CC(C)C#CC(=O)N1CCC(c2nccc(N3CCOCC3)n2)CC1. The third-order valence-corrected chi connectivity index (χ3v) is 4.61. The van der Waals surface area contributed by atoms with Crippen molar-refractivity contribution in [2.45, 2.75) is 32.6 Å². The number of nitrogens with zero attached hydrogens (tertiary/aromatic N) is 4. The molecule has 1 aromatic heterocycles. The molecular formula is C19H26N4O2. The summed E-state index contributed by atoms with van der Waals surface area (Å²) < 4.78 is 5.40. The molecule has 0 radical (unpaired) electrons. The maximum Gasteiger partial charge on any atom is 0.298 e. The van der Waals surface area contributed by atoms with E-state index in [0.717, 1.165) is 63.9 Å². The molecule has 1 amide bonds. The topological polar surface area (TPSA) is 58.6 Å². The van der Waals surface area contributed by atoms with Crippen LogP contribution in [0.1, 0.15) is 38.4 Å². The van der Waals surface area contributed by atoms with Crippen LogP contribution in [0.15, 0.2) is 12.3 Å². The Balaban J connectivity index is 1.59. The van der Waals surface area contributed by atoms with Gasteiger partial charge < -0.3 is 14.5 Å². The summed E-state index contributed by atoms with van der Waals surface area (Å²) >= 11 is 0. The van der Waals surface area contributed by atoms with Gasteiger partial charge in [-0.3, -0.25) is 4.79 Å². The van der Waals surface area contributed by atoms with Gasteiger partial charge in [0.05, 0.1) is 13.2 Å². The Kier molecular flexibility index (Phi) is 5.87. The van der Waals surface area contributed by atoms with E-state index in [2.05, 4.69) is 21.7 Å². The van der Waals surface area contributed by atoms with Crippen LogP contribution in [0.5, 0.6) is 0 Å². The van der Waals surface area contributed by atoms with E-state index in [1.54, 1.807) is 0 Å². The second-order valence-electron chi connectivity index (χ2n) is 6.86. The minimum atomic E-state index is -0.0601. The molecule has 6 nitrogen and oxygen atoms in total. The fourth-order valence-corrected chi connectivity index (χ4v) is 3.15. The highest BCUT2D eigenvalue weighted by molar-refractivity contribution is 5.93. The van der Waals surface area contributed by atoms with Gasteiger partial charge in [-0.05, 0) is 24.8 Å². The quantitative estimate of drug-likeness (QED) is 0.766. The summed E-state index contributed by atoms with van der Waals surface area (Å²) in [5, 5.41) is 0. The summed E-state index contributed by atoms with van der Waals surface area (Å²) in [4.78, 5) is 25.5. The normalized spacial score (nSPS) is 18.8. The smallest absolute Gasteiger partial charge is 0.298 e. The highest BCUT2D eigenvalue weighted by atomic mass is 16.5. The maximum absolute atomic E-state index is 12.1. The van der Waals surface area contributed by atoms with E-state index in [9.17, 15) is 4.79 Å². The Morgan fingerprint density at radius 3 is 2.64 bits per heavy atom. The zero-order valence-corrected chi connectivity index (χ0v) is 15.1. The van der Waals surface area contributed by atoms with Crippen molar-refractivity contribution in [3.63, 3.8) is 0 Å². The van der Waals surface area contributed by atoms with Gasteiger partial charge in [-0.25, -0.2) is 9.97 Å². The van der Waals surface area contributed by atoms with Crippen molar-refractivity contribution in [1.29, 1.82) is 0 Å². The van der Waals surface area contributed by atoms with Crippen molar-refractivity contribution in [2.75, 3.05) is 44.3 Å². The second-order valence-corrected chi connectivity index (χ2v) is 6.86. The highest BCUT2D eigenvalue weighted by Gasteiger charge is 2.25. The van der Waals surface area contributed by atoms with Crippen LogP contribution in [0.3, 0.4) is 0 Å². The highest BCUT2D eigenvalue weighted by Crippen LogP contribution is 2.26. The van der Waals surface area contributed by atoms with Gasteiger partial charge in [-0.15, -0.1) is 0 Å². The summed E-state index contributed by atoms with van der Waals surface area (Å²) in [6.45, 7) is 8.67. The van der Waals surface area contributed by atoms with E-state index in [1.807, 2.05) is 31.0 Å². The molecule has 3 rings (SSSR count). The first kappa shape index (κ1) is 17.7. The molecule has 2 fully saturated rings. The Morgan fingerprint density at radius 2 is 1.96 bits per heavy atom. The molecule has 0 N–H and O–H groups in total. The van der Waals surface area contributed by atoms with E-state index in [0.29, 0.717) is 5.92 Å². The number of amides is 1. The first-order valence-electron chi connectivity index (χ1n) is 9.09. The fourth-order valence-electron chi connectivity index (χ4n) is 3.15. The summed E-state index contributed by atoms with van der Waals surface area (Å²) in [6, 6.07) is 1.97. The van der Waals surface area contributed by atoms with Crippen LogP contribution in [0.25, 0.3) is 0 Å². The Hall–Kier alpha value is -2.13. The summed E-state index contributed by atoms with van der Waals surface area (Å²) in [6.07, 6.45) is 3.63. The molecule has 0 unspecified atom stereocenters. The van der Waals surface area contributed by atoms with Gasteiger partial charge in [0, 0.05) is 44.2 Å². The van der Waals surface area contributed by atoms with Gasteiger partial charge >= 0.3 is 0 Å². The van der Waals surface area contributed by atoms with E-state index in [-0.39, 0.29) is 11.8 Å². The number of hydrogen-bond acceptors (Lipinski definition) is 5. The molecule has 0 atom stereocenters. The maximum atomic E-state index is 12.1. The molecule has 25 heavy (non-hydrogen) atoms.